The fourth-order valence-electron chi connectivity index (χ4n) is 3.31. The molecule has 134 valence electrons. The zero-order valence-corrected chi connectivity index (χ0v) is 17.0. The summed E-state index contributed by atoms with van der Waals surface area (Å²) < 4.78 is 1.85. The summed E-state index contributed by atoms with van der Waals surface area (Å²) in [7, 11) is 0. The molecule has 0 saturated heterocycles. The molecule has 6 heteroatoms. The molecule has 0 radical (unpaired) electrons. The van der Waals surface area contributed by atoms with Crippen molar-refractivity contribution in [3.63, 3.8) is 0 Å². The van der Waals surface area contributed by atoms with Crippen LogP contribution in [-0.4, -0.2) is 15.0 Å². The first-order valence-electron chi connectivity index (χ1n) is 9.07. The first-order valence-corrected chi connectivity index (χ1v) is 9.07. The minimum atomic E-state index is 0. The van der Waals surface area contributed by atoms with Gasteiger partial charge >= 0.3 is 37.7 Å². The third-order valence-corrected chi connectivity index (χ3v) is 4.62. The van der Waals surface area contributed by atoms with Crippen LogP contribution in [0, 0.1) is 6.07 Å². The third kappa shape index (κ3) is 4.24. The van der Waals surface area contributed by atoms with E-state index in [0.29, 0.717) is 0 Å². The smallest absolute Gasteiger partial charge is 0.657 e. The molecule has 0 atom stereocenters. The molecule has 5 rings (SSSR count). The molecule has 0 amide bonds. The van der Waals surface area contributed by atoms with Gasteiger partial charge in [-0.25, -0.2) is 4.68 Å². The van der Waals surface area contributed by atoms with Crippen molar-refractivity contribution in [2.24, 2.45) is 0 Å². The molecule has 1 aromatic heterocycles. The van der Waals surface area contributed by atoms with Gasteiger partial charge < -0.3 is 5.32 Å². The minimum absolute atomic E-state index is 0. The van der Waals surface area contributed by atoms with Crippen molar-refractivity contribution in [2.75, 3.05) is 0 Å². The van der Waals surface area contributed by atoms with Crippen molar-refractivity contribution < 1.29 is 37.7 Å². The van der Waals surface area contributed by atoms with Gasteiger partial charge in [0.1, 0.15) is 5.52 Å². The van der Waals surface area contributed by atoms with Gasteiger partial charge in [0.2, 0.25) is 0 Å². The fourth-order valence-corrected chi connectivity index (χ4v) is 3.31. The van der Waals surface area contributed by atoms with E-state index in [1.54, 1.807) is 0 Å². The van der Waals surface area contributed by atoms with Crippen LogP contribution in [0.2, 0.25) is 0 Å². The predicted molar refractivity (Wildman–Crippen MR) is 112 cm³/mol. The summed E-state index contributed by atoms with van der Waals surface area (Å²) in [4.78, 5) is 0. The molecule has 0 aliphatic rings. The van der Waals surface area contributed by atoms with Gasteiger partial charge in [0.25, 0.3) is 0 Å². The Balaban J connectivity index is 0.00000128. The third-order valence-electron chi connectivity index (χ3n) is 4.62. The second kappa shape index (κ2) is 9.85. The average Bonchev–Trinajstić information content (AvgIpc) is 3.20. The van der Waals surface area contributed by atoms with E-state index < -0.39 is 0 Å². The zero-order valence-electron chi connectivity index (χ0n) is 17.0. The summed E-state index contributed by atoms with van der Waals surface area (Å²) in [6.45, 7) is 0. The van der Waals surface area contributed by atoms with Crippen LogP contribution in [0.5, 0.6) is 0 Å². The van der Waals surface area contributed by atoms with Crippen LogP contribution in [0.1, 0.15) is 0 Å². The molecule has 0 aliphatic carbocycles. The van der Waals surface area contributed by atoms with Gasteiger partial charge in [0.05, 0.1) is 5.52 Å². The largest absolute Gasteiger partial charge is 1.00 e. The van der Waals surface area contributed by atoms with E-state index >= 15 is 0 Å². The van der Waals surface area contributed by atoms with Crippen LogP contribution in [-0.2, 0) is 0 Å². The maximum absolute atomic E-state index is 4.83. The standard InChI is InChI=1S/C24H16N4.2Li/c1-3-10-18(11-4-1)25-22-16-8-7-14-20(22)21-15-9-17-23-24(21)26-27-28(23)19-12-5-2-6-13-19;;/h1,3-17H;;/q-2;2*+1. The molecule has 0 saturated carbocycles. The van der Waals surface area contributed by atoms with Crippen molar-refractivity contribution in [1.29, 1.82) is 0 Å². The molecule has 0 N–H and O–H groups in total. The Labute approximate surface area is 199 Å². The van der Waals surface area contributed by atoms with Crippen molar-refractivity contribution >= 4 is 22.4 Å². The Morgan fingerprint density at radius 2 is 1.40 bits per heavy atom. The summed E-state index contributed by atoms with van der Waals surface area (Å²) in [5, 5.41) is 13.7. The molecule has 0 aliphatic heterocycles. The van der Waals surface area contributed by atoms with E-state index in [2.05, 4.69) is 28.5 Å². The van der Waals surface area contributed by atoms with Gasteiger partial charge in [-0.3, -0.25) is 0 Å². The van der Waals surface area contributed by atoms with Crippen molar-refractivity contribution in [2.45, 2.75) is 0 Å². The Morgan fingerprint density at radius 1 is 0.700 bits per heavy atom. The maximum atomic E-state index is 4.83. The Kier molecular flexibility index (Phi) is 7.22. The summed E-state index contributed by atoms with van der Waals surface area (Å²) in [5.41, 5.74) is 6.65. The molecule has 1 heterocycles. The number of para-hydroxylation sites is 2. The van der Waals surface area contributed by atoms with Crippen molar-refractivity contribution in [3.8, 4) is 16.8 Å². The van der Waals surface area contributed by atoms with E-state index in [1.165, 1.54) is 0 Å². The second-order valence-corrected chi connectivity index (χ2v) is 6.40. The maximum Gasteiger partial charge on any atom is 1.00 e. The molecule has 0 spiro atoms. The van der Waals surface area contributed by atoms with Crippen molar-refractivity contribution in [3.05, 3.63) is 108 Å². The number of nitrogens with zero attached hydrogens (tertiary/aromatic N) is 4. The quantitative estimate of drug-likeness (QED) is 0.334. The molecular formula is C24H16Li2N4. The van der Waals surface area contributed by atoms with Crippen LogP contribution in [0.15, 0.2) is 97.1 Å². The van der Waals surface area contributed by atoms with E-state index in [-0.39, 0.29) is 37.7 Å². The average molecular weight is 374 g/mol. The van der Waals surface area contributed by atoms with Gasteiger partial charge in [0, 0.05) is 5.56 Å². The van der Waals surface area contributed by atoms with Crippen LogP contribution < -0.4 is 37.7 Å². The van der Waals surface area contributed by atoms with Gasteiger partial charge in [-0.05, 0) is 17.3 Å². The predicted octanol–water partition coefficient (Wildman–Crippen LogP) is 0.233. The second-order valence-electron chi connectivity index (χ2n) is 6.40. The summed E-state index contributed by atoms with van der Waals surface area (Å²) in [6.07, 6.45) is 0. The molecule has 0 bridgehead atoms. The fraction of sp³-hybridized carbons (Fsp3) is 0. The Hall–Kier alpha value is -2.73. The number of rotatable bonds is 4. The van der Waals surface area contributed by atoms with E-state index in [4.69, 9.17) is 5.32 Å². The van der Waals surface area contributed by atoms with Gasteiger partial charge in [-0.15, -0.1) is 28.6 Å². The Bertz CT molecular complexity index is 1240. The molecule has 5 aromatic rings. The number of aromatic nitrogens is 3. The number of fused-ring (bicyclic) bond motifs is 1. The minimum Gasteiger partial charge on any atom is -0.657 e. The van der Waals surface area contributed by atoms with Gasteiger partial charge in [-0.2, -0.15) is 18.2 Å². The van der Waals surface area contributed by atoms with E-state index in [0.717, 1.165) is 39.2 Å². The SMILES string of the molecule is [Li+].[Li+].[c-]1ccc(-n2nnc3c(-c4ccccc4[N-]c4ccccc4)cccc32)cc1. The van der Waals surface area contributed by atoms with Crippen LogP contribution in [0.3, 0.4) is 0 Å². The first kappa shape index (κ1) is 22.0. The first-order chi connectivity index (χ1) is 13.9. The van der Waals surface area contributed by atoms with E-state index in [1.807, 2.05) is 89.6 Å². The monoisotopic (exact) mass is 374 g/mol. The molecular weight excluding hydrogens is 358 g/mol. The molecule has 4 nitrogen and oxygen atoms in total. The summed E-state index contributed by atoms with van der Waals surface area (Å²) >= 11 is 0. The van der Waals surface area contributed by atoms with Gasteiger partial charge in [0.15, 0.2) is 0 Å². The van der Waals surface area contributed by atoms with Crippen LogP contribution >= 0.6 is 0 Å². The topological polar surface area (TPSA) is 44.8 Å². The zero-order chi connectivity index (χ0) is 18.8. The van der Waals surface area contributed by atoms with E-state index in [9.17, 15) is 0 Å². The van der Waals surface area contributed by atoms with Crippen LogP contribution in [0.25, 0.3) is 33.2 Å². The molecule has 4 aromatic carbocycles. The number of hydrogen-bond acceptors (Lipinski definition) is 2. The summed E-state index contributed by atoms with van der Waals surface area (Å²) in [6, 6.07) is 35.0. The molecule has 0 unspecified atom stereocenters. The van der Waals surface area contributed by atoms with Crippen molar-refractivity contribution in [1.82, 2.24) is 15.0 Å². The number of benzene rings is 4. The summed E-state index contributed by atoms with van der Waals surface area (Å²) in [5.74, 6) is 0. The normalized spacial score (nSPS) is 10.1. The molecule has 30 heavy (non-hydrogen) atoms. The molecule has 0 fully saturated rings. The van der Waals surface area contributed by atoms with Crippen LogP contribution in [0.4, 0.5) is 11.4 Å². The number of hydrogen-bond donors (Lipinski definition) is 0. The Morgan fingerprint density at radius 3 is 2.20 bits per heavy atom. The van der Waals surface area contributed by atoms with Gasteiger partial charge in [-0.1, -0.05) is 71.9 Å².